The maximum absolute atomic E-state index is 11.4. The van der Waals surface area contributed by atoms with Gasteiger partial charge in [-0.1, -0.05) is 0 Å². The third kappa shape index (κ3) is 1.71. The van der Waals surface area contributed by atoms with Gasteiger partial charge in [-0.3, -0.25) is 0 Å². The summed E-state index contributed by atoms with van der Waals surface area (Å²) in [5.41, 5.74) is 0.526. The van der Waals surface area contributed by atoms with Crippen LogP contribution in [0.15, 0.2) is 23.2 Å². The van der Waals surface area contributed by atoms with E-state index in [0.717, 1.165) is 12.8 Å². The van der Waals surface area contributed by atoms with Gasteiger partial charge in [0.1, 0.15) is 5.76 Å². The number of carbonyl (C=O) groups is 1. The molecule has 4 heteroatoms. The van der Waals surface area contributed by atoms with Crippen LogP contribution in [0.4, 0.5) is 0 Å². The molecule has 0 aromatic rings. The van der Waals surface area contributed by atoms with Crippen molar-refractivity contribution in [1.82, 2.24) is 0 Å². The molecular weight excluding hydrogens is 196 g/mol. The van der Waals surface area contributed by atoms with Crippen LogP contribution in [0.2, 0.25) is 0 Å². The third-order valence-corrected chi connectivity index (χ3v) is 2.58. The van der Waals surface area contributed by atoms with Gasteiger partial charge in [0.05, 0.1) is 19.3 Å². The van der Waals surface area contributed by atoms with Crippen molar-refractivity contribution in [3.05, 3.63) is 23.2 Å². The summed E-state index contributed by atoms with van der Waals surface area (Å²) < 4.78 is 15.8. The van der Waals surface area contributed by atoms with E-state index in [9.17, 15) is 4.79 Å². The molecule has 0 saturated heterocycles. The minimum atomic E-state index is -0.470. The largest absolute Gasteiger partial charge is 0.496 e. The van der Waals surface area contributed by atoms with Crippen LogP contribution in [0.25, 0.3) is 0 Å². The predicted molar refractivity (Wildman–Crippen MR) is 52.9 cm³/mol. The normalized spacial score (nSPS) is 25.9. The quantitative estimate of drug-likeness (QED) is 0.648. The first-order valence-electron chi connectivity index (χ1n) is 5.02. The topological polar surface area (TPSA) is 44.8 Å². The van der Waals surface area contributed by atoms with E-state index in [2.05, 4.69) is 0 Å². The molecule has 0 N–H and O–H groups in total. The number of methoxy groups -OCH3 is 1. The zero-order chi connectivity index (χ0) is 10.8. The molecule has 2 aliphatic rings. The second-order valence-electron chi connectivity index (χ2n) is 3.58. The number of allylic oxidation sites excluding steroid dienone is 1. The van der Waals surface area contributed by atoms with Gasteiger partial charge < -0.3 is 14.2 Å². The Morgan fingerprint density at radius 1 is 1.53 bits per heavy atom. The van der Waals surface area contributed by atoms with Gasteiger partial charge in [0.2, 0.25) is 6.10 Å². The van der Waals surface area contributed by atoms with Gasteiger partial charge in [0.15, 0.2) is 5.76 Å². The first-order chi connectivity index (χ1) is 7.24. The highest BCUT2D eigenvalue weighted by atomic mass is 16.6. The van der Waals surface area contributed by atoms with E-state index in [0.29, 0.717) is 23.7 Å². The van der Waals surface area contributed by atoms with Gasteiger partial charge in [0.25, 0.3) is 0 Å². The Balaban J connectivity index is 2.24. The van der Waals surface area contributed by atoms with Crippen molar-refractivity contribution in [3.8, 4) is 0 Å². The van der Waals surface area contributed by atoms with E-state index in [1.54, 1.807) is 6.92 Å². The second kappa shape index (κ2) is 3.96. The number of ether oxygens (including phenoxy) is 3. The fraction of sp³-hybridized carbons (Fsp3) is 0.545. The number of esters is 1. The van der Waals surface area contributed by atoms with E-state index in [1.165, 1.54) is 7.11 Å². The van der Waals surface area contributed by atoms with Gasteiger partial charge in [-0.2, -0.15) is 0 Å². The van der Waals surface area contributed by atoms with Gasteiger partial charge in [-0.25, -0.2) is 4.79 Å². The summed E-state index contributed by atoms with van der Waals surface area (Å²) in [5, 5.41) is 0. The Kier molecular flexibility index (Phi) is 2.66. The summed E-state index contributed by atoms with van der Waals surface area (Å²) in [6.45, 7) is 2.38. The minimum absolute atomic E-state index is 0.327. The Morgan fingerprint density at radius 3 is 2.93 bits per heavy atom. The molecule has 0 amide bonds. The van der Waals surface area contributed by atoms with E-state index in [1.807, 2.05) is 6.08 Å². The Morgan fingerprint density at radius 2 is 2.33 bits per heavy atom. The summed E-state index contributed by atoms with van der Waals surface area (Å²) in [6, 6.07) is 0. The molecule has 2 rings (SSSR count). The maximum atomic E-state index is 11.4. The average Bonchev–Trinajstić information content (AvgIpc) is 2.56. The molecule has 0 aromatic heterocycles. The summed E-state index contributed by atoms with van der Waals surface area (Å²) in [5.74, 6) is 0.934. The molecule has 0 fully saturated rings. The fourth-order valence-electron chi connectivity index (χ4n) is 1.75. The highest BCUT2D eigenvalue weighted by Crippen LogP contribution is 2.30. The molecule has 1 atom stereocenters. The lowest BCUT2D eigenvalue weighted by Crippen LogP contribution is -2.20. The Hall–Kier alpha value is -1.45. The predicted octanol–water partition coefficient (Wildman–Crippen LogP) is 1.53. The first kappa shape index (κ1) is 10.1. The molecule has 0 saturated carbocycles. The first-order valence-corrected chi connectivity index (χ1v) is 5.02. The number of carbonyl (C=O) groups excluding carboxylic acids is 1. The summed E-state index contributed by atoms with van der Waals surface area (Å²) in [6.07, 6.45) is 3.45. The lowest BCUT2D eigenvalue weighted by molar-refractivity contribution is -0.140. The minimum Gasteiger partial charge on any atom is -0.496 e. The van der Waals surface area contributed by atoms with E-state index in [-0.39, 0.29) is 5.97 Å². The number of hydrogen-bond donors (Lipinski definition) is 0. The van der Waals surface area contributed by atoms with Crippen LogP contribution < -0.4 is 0 Å². The zero-order valence-electron chi connectivity index (χ0n) is 8.91. The van der Waals surface area contributed by atoms with Crippen LogP contribution in [0.1, 0.15) is 19.8 Å². The SMILES string of the molecule is COC1=C(C)C(=O)OC1C1=CCCCO1. The van der Waals surface area contributed by atoms with Crippen molar-refractivity contribution < 1.29 is 19.0 Å². The highest BCUT2D eigenvalue weighted by molar-refractivity contribution is 5.91. The molecule has 4 nitrogen and oxygen atoms in total. The summed E-state index contributed by atoms with van der Waals surface area (Å²) in [4.78, 5) is 11.4. The van der Waals surface area contributed by atoms with E-state index >= 15 is 0 Å². The lowest BCUT2D eigenvalue weighted by Gasteiger charge is -2.20. The van der Waals surface area contributed by atoms with Gasteiger partial charge >= 0.3 is 5.97 Å². The van der Waals surface area contributed by atoms with Crippen molar-refractivity contribution in [3.63, 3.8) is 0 Å². The van der Waals surface area contributed by atoms with Gasteiger partial charge in [-0.05, 0) is 25.8 Å². The molecule has 82 valence electrons. The van der Waals surface area contributed by atoms with Crippen molar-refractivity contribution in [2.45, 2.75) is 25.9 Å². The van der Waals surface area contributed by atoms with Crippen molar-refractivity contribution in [2.75, 3.05) is 13.7 Å². The number of hydrogen-bond acceptors (Lipinski definition) is 4. The molecule has 0 aliphatic carbocycles. The number of cyclic esters (lactones) is 1. The molecule has 0 spiro atoms. The highest BCUT2D eigenvalue weighted by Gasteiger charge is 2.36. The van der Waals surface area contributed by atoms with Crippen LogP contribution in [0.3, 0.4) is 0 Å². The van der Waals surface area contributed by atoms with Crippen molar-refractivity contribution in [2.24, 2.45) is 0 Å². The summed E-state index contributed by atoms with van der Waals surface area (Å²) >= 11 is 0. The van der Waals surface area contributed by atoms with E-state index in [4.69, 9.17) is 14.2 Å². The van der Waals surface area contributed by atoms with Crippen molar-refractivity contribution in [1.29, 1.82) is 0 Å². The second-order valence-corrected chi connectivity index (χ2v) is 3.58. The third-order valence-electron chi connectivity index (χ3n) is 2.58. The van der Waals surface area contributed by atoms with Crippen LogP contribution in [-0.2, 0) is 19.0 Å². The standard InChI is InChI=1S/C11H14O4/c1-7-9(13-2)10(15-11(7)12)8-5-3-4-6-14-8/h5,10H,3-4,6H2,1-2H3. The van der Waals surface area contributed by atoms with Crippen LogP contribution in [-0.4, -0.2) is 25.8 Å². The monoisotopic (exact) mass is 210 g/mol. The van der Waals surface area contributed by atoms with Gasteiger partial charge in [0, 0.05) is 0 Å². The molecule has 0 radical (unpaired) electrons. The summed E-state index contributed by atoms with van der Waals surface area (Å²) in [7, 11) is 1.54. The molecule has 0 aromatic carbocycles. The molecule has 2 aliphatic heterocycles. The smallest absolute Gasteiger partial charge is 0.338 e. The fourth-order valence-corrected chi connectivity index (χ4v) is 1.75. The number of rotatable bonds is 2. The Labute approximate surface area is 88.5 Å². The Bertz CT molecular complexity index is 340. The molecule has 1 unspecified atom stereocenters. The molecule has 2 heterocycles. The zero-order valence-corrected chi connectivity index (χ0v) is 8.91. The molecule has 15 heavy (non-hydrogen) atoms. The average molecular weight is 210 g/mol. The van der Waals surface area contributed by atoms with Crippen LogP contribution >= 0.6 is 0 Å². The van der Waals surface area contributed by atoms with E-state index < -0.39 is 6.10 Å². The molecular formula is C11H14O4. The van der Waals surface area contributed by atoms with Gasteiger partial charge in [-0.15, -0.1) is 0 Å². The van der Waals surface area contributed by atoms with Crippen LogP contribution in [0.5, 0.6) is 0 Å². The maximum Gasteiger partial charge on any atom is 0.338 e. The molecule has 0 bridgehead atoms. The van der Waals surface area contributed by atoms with Crippen LogP contribution in [0, 0.1) is 0 Å². The lowest BCUT2D eigenvalue weighted by atomic mass is 10.1. The van der Waals surface area contributed by atoms with Crippen molar-refractivity contribution >= 4 is 5.97 Å².